The first-order chi connectivity index (χ1) is 17.7. The van der Waals surface area contributed by atoms with Gasteiger partial charge in [-0.1, -0.05) is 56.5 Å². The molecule has 1 aliphatic rings. The standard InChI is InChI=1S/C28H39N3O5S/c1-4-26(28(33)29-23-13-9-6-10-14-23)30(20-19-22-11-7-5-8-12-22)27(32)21-31(37(3,34)35)24-15-17-25(36-2)18-16-24/h5,7-8,11-12,15-18,23,26H,4,6,9-10,13-14,19-21H2,1-3H3,(H,29,33)/t26-/m1/s1. The summed E-state index contributed by atoms with van der Waals surface area (Å²) >= 11 is 0. The first-order valence-electron chi connectivity index (χ1n) is 13.0. The van der Waals surface area contributed by atoms with Crippen molar-refractivity contribution >= 4 is 27.5 Å². The average molecular weight is 530 g/mol. The highest BCUT2D eigenvalue weighted by Crippen LogP contribution is 2.23. The first kappa shape index (κ1) is 28.5. The summed E-state index contributed by atoms with van der Waals surface area (Å²) in [5, 5.41) is 3.15. The summed E-state index contributed by atoms with van der Waals surface area (Å²) in [6, 6.07) is 15.7. The van der Waals surface area contributed by atoms with Gasteiger partial charge >= 0.3 is 0 Å². The number of benzene rings is 2. The smallest absolute Gasteiger partial charge is 0.244 e. The maximum Gasteiger partial charge on any atom is 0.244 e. The van der Waals surface area contributed by atoms with Gasteiger partial charge in [-0.25, -0.2) is 8.42 Å². The molecule has 1 fully saturated rings. The van der Waals surface area contributed by atoms with Crippen LogP contribution >= 0.6 is 0 Å². The zero-order chi connectivity index (χ0) is 26.8. The minimum atomic E-state index is -3.76. The van der Waals surface area contributed by atoms with E-state index in [2.05, 4.69) is 5.32 Å². The van der Waals surface area contributed by atoms with Crippen LogP contribution in [-0.4, -0.2) is 63.7 Å². The van der Waals surface area contributed by atoms with Crippen molar-refractivity contribution < 1.29 is 22.7 Å². The van der Waals surface area contributed by atoms with E-state index in [-0.39, 0.29) is 11.9 Å². The van der Waals surface area contributed by atoms with E-state index in [1.807, 2.05) is 37.3 Å². The molecule has 2 aromatic carbocycles. The van der Waals surface area contributed by atoms with Gasteiger partial charge in [-0.2, -0.15) is 0 Å². The largest absolute Gasteiger partial charge is 0.497 e. The number of nitrogens with one attached hydrogen (secondary N) is 1. The van der Waals surface area contributed by atoms with E-state index in [9.17, 15) is 18.0 Å². The van der Waals surface area contributed by atoms with Crippen molar-refractivity contribution in [3.05, 3.63) is 60.2 Å². The molecule has 202 valence electrons. The normalized spacial score (nSPS) is 15.0. The second-order valence-corrected chi connectivity index (χ2v) is 11.5. The summed E-state index contributed by atoms with van der Waals surface area (Å²) in [7, 11) is -2.24. The van der Waals surface area contributed by atoms with Gasteiger partial charge < -0.3 is 15.0 Å². The van der Waals surface area contributed by atoms with Crippen LogP contribution in [0.15, 0.2) is 54.6 Å². The second-order valence-electron chi connectivity index (χ2n) is 9.56. The number of hydrogen-bond donors (Lipinski definition) is 1. The van der Waals surface area contributed by atoms with Crippen LogP contribution in [0.25, 0.3) is 0 Å². The van der Waals surface area contributed by atoms with Gasteiger partial charge in [-0.3, -0.25) is 13.9 Å². The lowest BCUT2D eigenvalue weighted by molar-refractivity contribution is -0.140. The van der Waals surface area contributed by atoms with Crippen LogP contribution in [0.2, 0.25) is 0 Å². The molecule has 0 spiro atoms. The number of anilines is 1. The number of sulfonamides is 1. The van der Waals surface area contributed by atoms with Crippen molar-refractivity contribution in [2.24, 2.45) is 0 Å². The monoisotopic (exact) mass is 529 g/mol. The molecule has 1 atom stereocenters. The molecule has 3 rings (SSSR count). The molecule has 1 N–H and O–H groups in total. The molecular weight excluding hydrogens is 490 g/mol. The molecule has 2 amide bonds. The molecule has 0 aromatic heterocycles. The fourth-order valence-corrected chi connectivity index (χ4v) is 5.65. The Kier molecular flexibility index (Phi) is 10.4. The van der Waals surface area contributed by atoms with Crippen LogP contribution < -0.4 is 14.4 Å². The Morgan fingerprint density at radius 3 is 2.24 bits per heavy atom. The Labute approximate surface area is 221 Å². The van der Waals surface area contributed by atoms with Crippen LogP contribution in [0.3, 0.4) is 0 Å². The molecule has 1 saturated carbocycles. The fourth-order valence-electron chi connectivity index (χ4n) is 4.80. The predicted molar refractivity (Wildman–Crippen MR) is 146 cm³/mol. The third-order valence-corrected chi connectivity index (χ3v) is 8.00. The minimum Gasteiger partial charge on any atom is -0.497 e. The molecule has 0 aliphatic heterocycles. The van der Waals surface area contributed by atoms with Crippen molar-refractivity contribution in [1.82, 2.24) is 10.2 Å². The molecule has 37 heavy (non-hydrogen) atoms. The van der Waals surface area contributed by atoms with Gasteiger partial charge in [0.2, 0.25) is 21.8 Å². The summed E-state index contributed by atoms with van der Waals surface area (Å²) in [6.07, 6.45) is 7.30. The Bertz CT molecular complexity index is 1120. The fraction of sp³-hybridized carbons (Fsp3) is 0.500. The lowest BCUT2D eigenvalue weighted by atomic mass is 9.95. The lowest BCUT2D eigenvalue weighted by Crippen LogP contribution is -2.54. The molecule has 0 unspecified atom stereocenters. The van der Waals surface area contributed by atoms with Crippen molar-refractivity contribution in [2.45, 2.75) is 64.0 Å². The molecule has 0 saturated heterocycles. The number of methoxy groups -OCH3 is 1. The zero-order valence-electron chi connectivity index (χ0n) is 22.1. The lowest BCUT2D eigenvalue weighted by Gasteiger charge is -2.34. The van der Waals surface area contributed by atoms with E-state index in [1.54, 1.807) is 29.2 Å². The molecule has 1 aliphatic carbocycles. The molecule has 9 heteroatoms. The van der Waals surface area contributed by atoms with Crippen molar-refractivity contribution in [3.8, 4) is 5.75 Å². The van der Waals surface area contributed by atoms with Crippen molar-refractivity contribution in [1.29, 1.82) is 0 Å². The summed E-state index contributed by atoms with van der Waals surface area (Å²) in [5.74, 6) is -0.00701. The van der Waals surface area contributed by atoms with E-state index in [1.165, 1.54) is 13.5 Å². The highest BCUT2D eigenvalue weighted by molar-refractivity contribution is 7.92. The van der Waals surface area contributed by atoms with E-state index in [4.69, 9.17) is 4.74 Å². The Morgan fingerprint density at radius 1 is 1.03 bits per heavy atom. The van der Waals surface area contributed by atoms with Crippen LogP contribution in [0.4, 0.5) is 5.69 Å². The first-order valence-corrected chi connectivity index (χ1v) is 14.8. The second kappa shape index (κ2) is 13.5. The van der Waals surface area contributed by atoms with Crippen molar-refractivity contribution in [2.75, 3.05) is 30.8 Å². The van der Waals surface area contributed by atoms with Gasteiger partial charge in [0.1, 0.15) is 18.3 Å². The Hall–Kier alpha value is -3.07. The van der Waals surface area contributed by atoms with Crippen LogP contribution in [0, 0.1) is 0 Å². The number of carbonyl (C=O) groups is 2. The Balaban J connectivity index is 1.85. The van der Waals surface area contributed by atoms with Gasteiger partial charge in [0.05, 0.1) is 19.1 Å². The van der Waals surface area contributed by atoms with E-state index >= 15 is 0 Å². The van der Waals surface area contributed by atoms with E-state index < -0.39 is 28.5 Å². The number of carbonyl (C=O) groups excluding carboxylic acids is 2. The maximum absolute atomic E-state index is 13.7. The molecule has 2 aromatic rings. The average Bonchev–Trinajstić information content (AvgIpc) is 2.90. The quantitative estimate of drug-likeness (QED) is 0.452. The van der Waals surface area contributed by atoms with E-state index in [0.717, 1.165) is 41.8 Å². The van der Waals surface area contributed by atoms with Crippen LogP contribution in [-0.2, 0) is 26.0 Å². The summed E-state index contributed by atoms with van der Waals surface area (Å²) in [6.45, 7) is 1.79. The highest BCUT2D eigenvalue weighted by atomic mass is 32.2. The molecule has 0 bridgehead atoms. The highest BCUT2D eigenvalue weighted by Gasteiger charge is 2.32. The summed E-state index contributed by atoms with van der Waals surface area (Å²) < 4.78 is 31.7. The van der Waals surface area contributed by atoms with E-state index in [0.29, 0.717) is 30.8 Å². The number of rotatable bonds is 12. The molecule has 0 radical (unpaired) electrons. The SMILES string of the molecule is CC[C@H](C(=O)NC1CCCCC1)N(CCc1ccccc1)C(=O)CN(c1ccc(OC)cc1)S(C)(=O)=O. The van der Waals surface area contributed by atoms with Gasteiger partial charge in [-0.15, -0.1) is 0 Å². The Morgan fingerprint density at radius 2 is 1.68 bits per heavy atom. The maximum atomic E-state index is 13.7. The number of nitrogens with zero attached hydrogens (tertiary/aromatic N) is 2. The van der Waals surface area contributed by atoms with Gasteiger partial charge in [-0.05, 0) is 55.5 Å². The van der Waals surface area contributed by atoms with Gasteiger partial charge in [0.15, 0.2) is 0 Å². The molecular formula is C28H39N3O5S. The third kappa shape index (κ3) is 8.21. The number of hydrogen-bond acceptors (Lipinski definition) is 5. The molecule has 0 heterocycles. The third-order valence-electron chi connectivity index (χ3n) is 6.86. The topological polar surface area (TPSA) is 96.0 Å². The summed E-state index contributed by atoms with van der Waals surface area (Å²) in [5.41, 5.74) is 1.40. The predicted octanol–water partition coefficient (Wildman–Crippen LogP) is 3.76. The summed E-state index contributed by atoms with van der Waals surface area (Å²) in [4.78, 5) is 28.7. The van der Waals surface area contributed by atoms with Gasteiger partial charge in [0.25, 0.3) is 0 Å². The molecule has 8 nitrogen and oxygen atoms in total. The van der Waals surface area contributed by atoms with Gasteiger partial charge in [0, 0.05) is 12.6 Å². The minimum absolute atomic E-state index is 0.119. The van der Waals surface area contributed by atoms with Crippen LogP contribution in [0.5, 0.6) is 5.75 Å². The number of ether oxygens (including phenoxy) is 1. The zero-order valence-corrected chi connectivity index (χ0v) is 22.9. The number of amides is 2. The van der Waals surface area contributed by atoms with Crippen LogP contribution in [0.1, 0.15) is 51.0 Å². The van der Waals surface area contributed by atoms with Crippen molar-refractivity contribution in [3.63, 3.8) is 0 Å².